The molecule has 0 heterocycles. The summed E-state index contributed by atoms with van der Waals surface area (Å²) in [5.41, 5.74) is -0.115. The van der Waals surface area contributed by atoms with E-state index in [1.54, 1.807) is 0 Å². The standard InChI is InChI=1S/C16H27NO2/c1-12(2)11-16(9-3-4-10-16)15(19)17-13-5-7-14(18)8-6-13/h12-13H,3-11H2,1-2H3,(H,17,19). The van der Waals surface area contributed by atoms with Crippen LogP contribution < -0.4 is 5.32 Å². The van der Waals surface area contributed by atoms with Crippen LogP contribution in [0.4, 0.5) is 0 Å². The van der Waals surface area contributed by atoms with E-state index in [9.17, 15) is 9.59 Å². The third-order valence-electron chi connectivity index (χ3n) is 4.72. The molecule has 2 aliphatic rings. The van der Waals surface area contributed by atoms with E-state index in [2.05, 4.69) is 19.2 Å². The summed E-state index contributed by atoms with van der Waals surface area (Å²) in [6.07, 6.45) is 8.41. The fourth-order valence-corrected chi connectivity index (χ4v) is 3.78. The molecule has 0 saturated heterocycles. The smallest absolute Gasteiger partial charge is 0.226 e. The van der Waals surface area contributed by atoms with E-state index < -0.39 is 0 Å². The summed E-state index contributed by atoms with van der Waals surface area (Å²) in [6, 6.07) is 0.231. The molecular weight excluding hydrogens is 238 g/mol. The van der Waals surface area contributed by atoms with Crippen molar-refractivity contribution in [1.29, 1.82) is 0 Å². The van der Waals surface area contributed by atoms with E-state index in [4.69, 9.17) is 0 Å². The molecule has 0 aliphatic heterocycles. The molecule has 0 radical (unpaired) electrons. The first-order chi connectivity index (χ1) is 9.02. The Kier molecular flexibility index (Phi) is 4.64. The minimum absolute atomic E-state index is 0.115. The molecule has 0 bridgehead atoms. The maximum atomic E-state index is 12.7. The van der Waals surface area contributed by atoms with Crippen LogP contribution in [0.25, 0.3) is 0 Å². The highest BCUT2D eigenvalue weighted by Crippen LogP contribution is 2.43. The van der Waals surface area contributed by atoms with Crippen LogP contribution in [0.5, 0.6) is 0 Å². The zero-order chi connectivity index (χ0) is 13.9. The second kappa shape index (κ2) is 6.06. The Hall–Kier alpha value is -0.860. The topological polar surface area (TPSA) is 46.2 Å². The van der Waals surface area contributed by atoms with Gasteiger partial charge in [-0.15, -0.1) is 0 Å². The van der Waals surface area contributed by atoms with Gasteiger partial charge in [-0.25, -0.2) is 0 Å². The van der Waals surface area contributed by atoms with E-state index >= 15 is 0 Å². The molecule has 2 aliphatic carbocycles. The van der Waals surface area contributed by atoms with Gasteiger partial charge in [0.2, 0.25) is 5.91 Å². The molecule has 0 aromatic heterocycles. The van der Waals surface area contributed by atoms with Crippen LogP contribution in [-0.4, -0.2) is 17.7 Å². The van der Waals surface area contributed by atoms with Crippen molar-refractivity contribution in [3.05, 3.63) is 0 Å². The maximum absolute atomic E-state index is 12.7. The number of nitrogens with one attached hydrogen (secondary N) is 1. The summed E-state index contributed by atoms with van der Waals surface area (Å²) in [6.45, 7) is 4.40. The Balaban J connectivity index is 1.94. The second-order valence-corrected chi connectivity index (χ2v) is 6.87. The van der Waals surface area contributed by atoms with Crippen LogP contribution >= 0.6 is 0 Å². The van der Waals surface area contributed by atoms with Gasteiger partial charge in [0, 0.05) is 24.3 Å². The maximum Gasteiger partial charge on any atom is 0.226 e. The van der Waals surface area contributed by atoms with E-state index in [0.717, 1.165) is 32.1 Å². The Morgan fingerprint density at radius 2 is 1.84 bits per heavy atom. The molecule has 0 aromatic carbocycles. The molecule has 0 spiro atoms. The van der Waals surface area contributed by atoms with Gasteiger partial charge in [0.05, 0.1) is 0 Å². The van der Waals surface area contributed by atoms with Gasteiger partial charge in [0.1, 0.15) is 5.78 Å². The number of carbonyl (C=O) groups excluding carboxylic acids is 2. The first-order valence-corrected chi connectivity index (χ1v) is 7.84. The van der Waals surface area contributed by atoms with E-state index in [0.29, 0.717) is 24.5 Å². The molecule has 108 valence electrons. The van der Waals surface area contributed by atoms with Crippen molar-refractivity contribution in [3.63, 3.8) is 0 Å². The number of rotatable bonds is 4. The number of carbonyl (C=O) groups is 2. The van der Waals surface area contributed by atoms with Gasteiger partial charge in [-0.2, -0.15) is 0 Å². The van der Waals surface area contributed by atoms with Gasteiger partial charge < -0.3 is 5.32 Å². The van der Waals surface area contributed by atoms with Crippen molar-refractivity contribution in [3.8, 4) is 0 Å². The molecule has 3 heteroatoms. The van der Waals surface area contributed by atoms with Crippen LogP contribution in [-0.2, 0) is 9.59 Å². The third kappa shape index (κ3) is 3.58. The lowest BCUT2D eigenvalue weighted by atomic mass is 9.77. The molecular formula is C16H27NO2. The SMILES string of the molecule is CC(C)CC1(C(=O)NC2CCC(=O)CC2)CCCC1. The summed E-state index contributed by atoms with van der Waals surface area (Å²) in [5.74, 6) is 1.18. The Bertz CT molecular complexity index is 333. The Morgan fingerprint density at radius 3 is 2.37 bits per heavy atom. The van der Waals surface area contributed by atoms with Crippen molar-refractivity contribution in [2.75, 3.05) is 0 Å². The Morgan fingerprint density at radius 1 is 1.26 bits per heavy atom. The van der Waals surface area contributed by atoms with Crippen LogP contribution in [0.1, 0.15) is 71.6 Å². The molecule has 3 nitrogen and oxygen atoms in total. The lowest BCUT2D eigenvalue weighted by Crippen LogP contribution is -2.46. The summed E-state index contributed by atoms with van der Waals surface area (Å²) in [4.78, 5) is 23.9. The van der Waals surface area contributed by atoms with Crippen molar-refractivity contribution in [2.45, 2.75) is 77.7 Å². The van der Waals surface area contributed by atoms with E-state index in [-0.39, 0.29) is 17.4 Å². The number of hydrogen-bond acceptors (Lipinski definition) is 2. The molecule has 19 heavy (non-hydrogen) atoms. The number of amides is 1. The quantitative estimate of drug-likeness (QED) is 0.848. The minimum atomic E-state index is -0.115. The molecule has 1 N–H and O–H groups in total. The fraction of sp³-hybridized carbons (Fsp3) is 0.875. The van der Waals surface area contributed by atoms with Crippen LogP contribution in [0, 0.1) is 11.3 Å². The van der Waals surface area contributed by atoms with Crippen LogP contribution in [0.3, 0.4) is 0 Å². The lowest BCUT2D eigenvalue weighted by molar-refractivity contribution is -0.133. The summed E-state index contributed by atoms with van der Waals surface area (Å²) in [7, 11) is 0. The molecule has 0 aromatic rings. The van der Waals surface area contributed by atoms with Crippen LogP contribution in [0.15, 0.2) is 0 Å². The predicted octanol–water partition coefficient (Wildman–Crippen LogP) is 3.22. The third-order valence-corrected chi connectivity index (χ3v) is 4.72. The zero-order valence-electron chi connectivity index (χ0n) is 12.3. The molecule has 2 saturated carbocycles. The van der Waals surface area contributed by atoms with Crippen molar-refractivity contribution in [1.82, 2.24) is 5.32 Å². The number of ketones is 1. The molecule has 0 atom stereocenters. The highest BCUT2D eigenvalue weighted by Gasteiger charge is 2.42. The van der Waals surface area contributed by atoms with Gasteiger partial charge >= 0.3 is 0 Å². The monoisotopic (exact) mass is 265 g/mol. The summed E-state index contributed by atoms with van der Waals surface area (Å²) >= 11 is 0. The Labute approximate surface area is 116 Å². The molecule has 1 amide bonds. The minimum Gasteiger partial charge on any atom is -0.353 e. The predicted molar refractivity (Wildman–Crippen MR) is 75.8 cm³/mol. The summed E-state index contributed by atoms with van der Waals surface area (Å²) in [5, 5.41) is 3.24. The van der Waals surface area contributed by atoms with Crippen molar-refractivity contribution in [2.24, 2.45) is 11.3 Å². The second-order valence-electron chi connectivity index (χ2n) is 6.87. The molecule has 2 fully saturated rings. The molecule has 0 unspecified atom stereocenters. The average Bonchev–Trinajstić information content (AvgIpc) is 2.81. The van der Waals surface area contributed by atoms with Gasteiger partial charge in [0.15, 0.2) is 0 Å². The van der Waals surface area contributed by atoms with Gasteiger partial charge in [-0.1, -0.05) is 26.7 Å². The number of Topliss-reactive ketones (excluding diaryl/α,β-unsaturated/α-hetero) is 1. The largest absolute Gasteiger partial charge is 0.353 e. The van der Waals surface area contributed by atoms with E-state index in [1.165, 1.54) is 12.8 Å². The van der Waals surface area contributed by atoms with E-state index in [1.807, 2.05) is 0 Å². The van der Waals surface area contributed by atoms with Crippen LogP contribution in [0.2, 0.25) is 0 Å². The first kappa shape index (κ1) is 14.5. The molecule has 2 rings (SSSR count). The normalized spacial score (nSPS) is 23.8. The summed E-state index contributed by atoms with van der Waals surface area (Å²) < 4.78 is 0. The van der Waals surface area contributed by atoms with Crippen molar-refractivity contribution < 1.29 is 9.59 Å². The van der Waals surface area contributed by atoms with Gasteiger partial charge in [0.25, 0.3) is 0 Å². The fourth-order valence-electron chi connectivity index (χ4n) is 3.78. The van der Waals surface area contributed by atoms with Gasteiger partial charge in [-0.3, -0.25) is 9.59 Å². The highest BCUT2D eigenvalue weighted by atomic mass is 16.2. The highest BCUT2D eigenvalue weighted by molar-refractivity contribution is 5.84. The zero-order valence-corrected chi connectivity index (χ0v) is 12.3. The number of hydrogen-bond donors (Lipinski definition) is 1. The first-order valence-electron chi connectivity index (χ1n) is 7.84. The lowest BCUT2D eigenvalue weighted by Gasteiger charge is -2.32. The van der Waals surface area contributed by atoms with Crippen molar-refractivity contribution >= 4 is 11.7 Å². The average molecular weight is 265 g/mol. The van der Waals surface area contributed by atoms with Gasteiger partial charge in [-0.05, 0) is 38.0 Å².